The van der Waals surface area contributed by atoms with Crippen LogP contribution in [0.25, 0.3) is 10.9 Å². The Hall–Kier alpha value is -1.94. The number of benzene rings is 1. The number of rotatable bonds is 4. The predicted octanol–water partition coefficient (Wildman–Crippen LogP) is 3.63. The lowest BCUT2D eigenvalue weighted by atomic mass is 10.2. The van der Waals surface area contributed by atoms with E-state index in [4.69, 9.17) is 5.26 Å². The summed E-state index contributed by atoms with van der Waals surface area (Å²) in [5.74, 6) is -0.369. The Morgan fingerprint density at radius 2 is 2.21 bits per heavy atom. The minimum Gasteiger partial charge on any atom is -0.434 e. The monoisotopic (exact) mass is 328 g/mol. The standard InChI is InChI=1S/C12H7BrF2N2O2/c13-7-5-8-6(4-11(7)19-12(14)15)3-9(17-8)10(18)1-2-16/h3-5,12,17H,1H2. The molecule has 1 N–H and O–H groups in total. The fourth-order valence-electron chi connectivity index (χ4n) is 1.64. The van der Waals surface area contributed by atoms with Gasteiger partial charge in [0.25, 0.3) is 0 Å². The molecule has 0 atom stereocenters. The fraction of sp³-hybridized carbons (Fsp3) is 0.167. The summed E-state index contributed by atoms with van der Waals surface area (Å²) >= 11 is 3.11. The van der Waals surface area contributed by atoms with E-state index in [0.29, 0.717) is 15.4 Å². The van der Waals surface area contributed by atoms with Crippen molar-refractivity contribution in [3.63, 3.8) is 0 Å². The van der Waals surface area contributed by atoms with Crippen molar-refractivity contribution in [1.29, 1.82) is 5.26 Å². The highest BCUT2D eigenvalue weighted by Gasteiger charge is 2.13. The van der Waals surface area contributed by atoms with Gasteiger partial charge in [0.1, 0.15) is 12.2 Å². The smallest absolute Gasteiger partial charge is 0.387 e. The molecule has 7 heteroatoms. The molecule has 0 fully saturated rings. The third-order valence-electron chi connectivity index (χ3n) is 2.43. The zero-order valence-corrected chi connectivity index (χ0v) is 11.0. The van der Waals surface area contributed by atoms with Crippen molar-refractivity contribution in [2.75, 3.05) is 0 Å². The average molecular weight is 329 g/mol. The third kappa shape index (κ3) is 2.90. The first-order valence-electron chi connectivity index (χ1n) is 5.18. The van der Waals surface area contributed by atoms with E-state index in [9.17, 15) is 13.6 Å². The van der Waals surface area contributed by atoms with Gasteiger partial charge in [-0.05, 0) is 34.1 Å². The lowest BCUT2D eigenvalue weighted by Crippen LogP contribution is -2.02. The van der Waals surface area contributed by atoms with Crippen molar-refractivity contribution < 1.29 is 18.3 Å². The normalized spacial score (nSPS) is 10.7. The number of carbonyl (C=O) groups excluding carboxylic acids is 1. The number of halogens is 3. The molecule has 1 aromatic carbocycles. The van der Waals surface area contributed by atoms with Crippen LogP contribution in [0.15, 0.2) is 22.7 Å². The molecule has 0 amide bonds. The van der Waals surface area contributed by atoms with Crippen molar-refractivity contribution in [2.45, 2.75) is 13.0 Å². The number of nitriles is 1. The quantitative estimate of drug-likeness (QED) is 0.871. The first kappa shape index (κ1) is 13.5. The number of Topliss-reactive ketones (excluding diaryl/α,β-unsaturated/α-hetero) is 1. The highest BCUT2D eigenvalue weighted by molar-refractivity contribution is 9.10. The fourth-order valence-corrected chi connectivity index (χ4v) is 2.07. The molecular weight excluding hydrogens is 322 g/mol. The predicted molar refractivity (Wildman–Crippen MR) is 67.2 cm³/mol. The molecule has 2 rings (SSSR count). The maximum absolute atomic E-state index is 12.2. The molecule has 0 spiro atoms. The molecule has 1 heterocycles. The molecule has 0 saturated carbocycles. The van der Waals surface area contributed by atoms with E-state index in [-0.39, 0.29) is 23.6 Å². The second-order valence-electron chi connectivity index (χ2n) is 3.69. The van der Waals surface area contributed by atoms with Crippen LogP contribution in [0.1, 0.15) is 16.9 Å². The molecule has 4 nitrogen and oxygen atoms in total. The number of ether oxygens (including phenoxy) is 1. The highest BCUT2D eigenvalue weighted by atomic mass is 79.9. The maximum Gasteiger partial charge on any atom is 0.387 e. The first-order valence-corrected chi connectivity index (χ1v) is 5.98. The van der Waals surface area contributed by atoms with Gasteiger partial charge in [-0.3, -0.25) is 4.79 Å². The summed E-state index contributed by atoms with van der Waals surface area (Å²) in [5, 5.41) is 9.02. The lowest BCUT2D eigenvalue weighted by Gasteiger charge is -2.06. The maximum atomic E-state index is 12.2. The number of nitrogens with zero attached hydrogens (tertiary/aromatic N) is 1. The first-order chi connectivity index (χ1) is 9.01. The third-order valence-corrected chi connectivity index (χ3v) is 3.05. The number of fused-ring (bicyclic) bond motifs is 1. The molecule has 19 heavy (non-hydrogen) atoms. The molecule has 0 bridgehead atoms. The molecule has 1 aromatic heterocycles. The van der Waals surface area contributed by atoms with Crippen LogP contribution in [-0.2, 0) is 0 Å². The van der Waals surface area contributed by atoms with E-state index in [0.717, 1.165) is 0 Å². The van der Waals surface area contributed by atoms with Gasteiger partial charge in [-0.25, -0.2) is 0 Å². The molecule has 0 aliphatic heterocycles. The van der Waals surface area contributed by atoms with Crippen LogP contribution in [-0.4, -0.2) is 17.4 Å². The summed E-state index contributed by atoms with van der Waals surface area (Å²) in [7, 11) is 0. The summed E-state index contributed by atoms with van der Waals surface area (Å²) < 4.78 is 29.1. The molecule has 0 radical (unpaired) electrons. The number of aromatic nitrogens is 1. The number of H-pyrrole nitrogens is 1. The number of aromatic amines is 1. The van der Waals surface area contributed by atoms with E-state index in [1.54, 1.807) is 6.07 Å². The van der Waals surface area contributed by atoms with Crippen molar-refractivity contribution in [3.8, 4) is 11.8 Å². The number of hydrogen-bond acceptors (Lipinski definition) is 3. The number of ketones is 1. The van der Waals surface area contributed by atoms with E-state index in [1.807, 2.05) is 0 Å². The Balaban J connectivity index is 2.43. The zero-order valence-electron chi connectivity index (χ0n) is 9.41. The molecular formula is C12H7BrF2N2O2. The van der Waals surface area contributed by atoms with E-state index in [1.165, 1.54) is 18.2 Å². The molecule has 0 aliphatic carbocycles. The van der Waals surface area contributed by atoms with Gasteiger partial charge >= 0.3 is 6.61 Å². The molecule has 2 aromatic rings. The Bertz CT molecular complexity index is 676. The van der Waals surface area contributed by atoms with Gasteiger partial charge in [0.15, 0.2) is 5.78 Å². The Kier molecular flexibility index (Phi) is 3.81. The van der Waals surface area contributed by atoms with Crippen molar-refractivity contribution in [1.82, 2.24) is 4.98 Å². The van der Waals surface area contributed by atoms with Gasteiger partial charge < -0.3 is 9.72 Å². The number of nitrogens with one attached hydrogen (secondary N) is 1. The van der Waals surface area contributed by atoms with Gasteiger partial charge in [-0.1, -0.05) is 0 Å². The second-order valence-corrected chi connectivity index (χ2v) is 4.54. The van der Waals surface area contributed by atoms with Crippen LogP contribution in [0.4, 0.5) is 8.78 Å². The van der Waals surface area contributed by atoms with Gasteiger partial charge in [0.2, 0.25) is 0 Å². The van der Waals surface area contributed by atoms with Crippen LogP contribution < -0.4 is 4.74 Å². The highest BCUT2D eigenvalue weighted by Crippen LogP contribution is 2.32. The summed E-state index contributed by atoms with van der Waals surface area (Å²) in [6, 6.07) is 6.19. The Morgan fingerprint density at radius 1 is 1.47 bits per heavy atom. The van der Waals surface area contributed by atoms with Crippen LogP contribution in [0.2, 0.25) is 0 Å². The molecule has 0 aliphatic rings. The van der Waals surface area contributed by atoms with Crippen LogP contribution >= 0.6 is 15.9 Å². The van der Waals surface area contributed by atoms with Gasteiger partial charge in [-0.2, -0.15) is 14.0 Å². The second kappa shape index (κ2) is 5.36. The van der Waals surface area contributed by atoms with Crippen LogP contribution in [0, 0.1) is 11.3 Å². The van der Waals surface area contributed by atoms with E-state index in [2.05, 4.69) is 25.7 Å². The molecule has 0 unspecified atom stereocenters. The zero-order chi connectivity index (χ0) is 14.0. The van der Waals surface area contributed by atoms with Crippen LogP contribution in [0.3, 0.4) is 0 Å². The summed E-state index contributed by atoms with van der Waals surface area (Å²) in [6.45, 7) is -2.92. The lowest BCUT2D eigenvalue weighted by molar-refractivity contribution is -0.0502. The number of alkyl halides is 2. The van der Waals surface area contributed by atoms with Crippen LogP contribution in [0.5, 0.6) is 5.75 Å². The average Bonchev–Trinajstić information content (AvgIpc) is 2.72. The van der Waals surface area contributed by atoms with Gasteiger partial charge in [-0.15, -0.1) is 0 Å². The minimum absolute atomic E-state index is 0.0132. The SMILES string of the molecule is N#CCC(=O)c1cc2cc(OC(F)F)c(Br)cc2[nH]1. The van der Waals surface area contributed by atoms with Gasteiger partial charge in [0.05, 0.1) is 16.2 Å². The minimum atomic E-state index is -2.92. The molecule has 0 saturated heterocycles. The van der Waals surface area contributed by atoms with Crippen molar-refractivity contribution in [2.24, 2.45) is 0 Å². The van der Waals surface area contributed by atoms with Crippen molar-refractivity contribution in [3.05, 3.63) is 28.4 Å². The summed E-state index contributed by atoms with van der Waals surface area (Å²) in [5.41, 5.74) is 0.854. The summed E-state index contributed by atoms with van der Waals surface area (Å²) in [4.78, 5) is 14.4. The van der Waals surface area contributed by atoms with Crippen molar-refractivity contribution >= 4 is 32.6 Å². The number of carbonyl (C=O) groups is 1. The number of hydrogen-bond donors (Lipinski definition) is 1. The largest absolute Gasteiger partial charge is 0.434 e. The summed E-state index contributed by atoms with van der Waals surface area (Å²) in [6.07, 6.45) is -0.242. The van der Waals surface area contributed by atoms with E-state index < -0.39 is 6.61 Å². The Labute approximate surface area is 115 Å². The molecule has 98 valence electrons. The Morgan fingerprint density at radius 3 is 2.84 bits per heavy atom. The van der Waals surface area contributed by atoms with E-state index >= 15 is 0 Å². The van der Waals surface area contributed by atoms with Gasteiger partial charge in [0, 0.05) is 10.9 Å². The topological polar surface area (TPSA) is 65.9 Å².